The van der Waals surface area contributed by atoms with Gasteiger partial charge in [-0.2, -0.15) is 0 Å². The van der Waals surface area contributed by atoms with Crippen LogP contribution in [0.4, 0.5) is 5.69 Å². The lowest BCUT2D eigenvalue weighted by Gasteiger charge is -2.15. The molecule has 9 nitrogen and oxygen atoms in total. The van der Waals surface area contributed by atoms with Gasteiger partial charge in [-0.15, -0.1) is 0 Å². The van der Waals surface area contributed by atoms with Crippen LogP contribution in [0.2, 0.25) is 0 Å². The Morgan fingerprint density at radius 1 is 0.686 bits per heavy atom. The Labute approximate surface area is 201 Å². The summed E-state index contributed by atoms with van der Waals surface area (Å²) >= 11 is 0. The molecule has 0 saturated carbocycles. The number of carbonyl (C=O) groups excluding carboxylic acids is 4. The first kappa shape index (κ1) is 25.0. The van der Waals surface area contributed by atoms with Crippen molar-refractivity contribution < 1.29 is 38.1 Å². The van der Waals surface area contributed by atoms with Crippen LogP contribution < -0.4 is 10.1 Å². The van der Waals surface area contributed by atoms with Crippen molar-refractivity contribution in [2.45, 2.75) is 6.92 Å². The third-order valence-corrected chi connectivity index (χ3v) is 5.02. The first-order valence-corrected chi connectivity index (χ1v) is 10.4. The van der Waals surface area contributed by atoms with Gasteiger partial charge < -0.3 is 24.3 Å². The van der Waals surface area contributed by atoms with Crippen molar-refractivity contribution in [2.75, 3.05) is 26.6 Å². The van der Waals surface area contributed by atoms with Crippen molar-refractivity contribution in [3.63, 3.8) is 0 Å². The monoisotopic (exact) mass is 477 g/mol. The average molecular weight is 477 g/mol. The van der Waals surface area contributed by atoms with Crippen molar-refractivity contribution in [1.82, 2.24) is 0 Å². The second-order valence-electron chi connectivity index (χ2n) is 7.30. The fourth-order valence-corrected chi connectivity index (χ4v) is 3.24. The number of nitrogens with one attached hydrogen (secondary N) is 1. The molecule has 180 valence electrons. The van der Waals surface area contributed by atoms with E-state index in [9.17, 15) is 19.2 Å². The zero-order chi connectivity index (χ0) is 25.5. The Bertz CT molecular complexity index is 1260. The number of benzene rings is 3. The number of esters is 3. The molecule has 3 aromatic rings. The molecule has 3 rings (SSSR count). The minimum absolute atomic E-state index is 0.0575. The molecule has 0 spiro atoms. The summed E-state index contributed by atoms with van der Waals surface area (Å²) in [7, 11) is 3.65. The molecule has 0 atom stereocenters. The zero-order valence-electron chi connectivity index (χ0n) is 19.5. The summed E-state index contributed by atoms with van der Waals surface area (Å²) in [6.07, 6.45) is 0. The molecule has 0 bridgehead atoms. The van der Waals surface area contributed by atoms with E-state index in [4.69, 9.17) is 18.9 Å². The number of aryl methyl sites for hydroxylation is 1. The molecule has 0 aliphatic heterocycles. The Balaban J connectivity index is 2.05. The zero-order valence-corrected chi connectivity index (χ0v) is 19.5. The Morgan fingerprint density at radius 3 is 1.83 bits per heavy atom. The third-order valence-electron chi connectivity index (χ3n) is 5.02. The molecule has 0 saturated heterocycles. The largest absolute Gasteiger partial charge is 0.465 e. The highest BCUT2D eigenvalue weighted by Gasteiger charge is 2.18. The van der Waals surface area contributed by atoms with Crippen LogP contribution in [-0.4, -0.2) is 45.1 Å². The van der Waals surface area contributed by atoms with Gasteiger partial charge >= 0.3 is 17.9 Å². The number of rotatable bonds is 7. The number of methoxy groups -OCH3 is 3. The second-order valence-corrected chi connectivity index (χ2v) is 7.30. The summed E-state index contributed by atoms with van der Waals surface area (Å²) in [5.41, 5.74) is 1.65. The van der Waals surface area contributed by atoms with E-state index in [1.54, 1.807) is 25.1 Å². The lowest BCUT2D eigenvalue weighted by atomic mass is 10.1. The van der Waals surface area contributed by atoms with E-state index in [0.717, 1.165) is 5.56 Å². The molecule has 1 N–H and O–H groups in total. The van der Waals surface area contributed by atoms with Crippen LogP contribution in [0.5, 0.6) is 11.5 Å². The maximum absolute atomic E-state index is 12.9. The van der Waals surface area contributed by atoms with Gasteiger partial charge in [0.25, 0.3) is 5.91 Å². The SMILES string of the molecule is COC(=O)c1cc(Oc2ccc(C(=O)OC)cc2NC(=O)c2ccccc2C)cc(C(=O)OC)c1. The maximum atomic E-state index is 12.9. The van der Waals surface area contributed by atoms with Crippen molar-refractivity contribution in [3.05, 3.63) is 88.5 Å². The van der Waals surface area contributed by atoms with Gasteiger partial charge in [0.1, 0.15) is 5.75 Å². The lowest BCUT2D eigenvalue weighted by molar-refractivity contribution is 0.0587. The van der Waals surface area contributed by atoms with E-state index in [1.165, 1.54) is 57.7 Å². The number of amides is 1. The van der Waals surface area contributed by atoms with Gasteiger partial charge in [0.15, 0.2) is 5.75 Å². The molecule has 35 heavy (non-hydrogen) atoms. The lowest BCUT2D eigenvalue weighted by Crippen LogP contribution is -2.15. The number of hydrogen-bond acceptors (Lipinski definition) is 8. The van der Waals surface area contributed by atoms with E-state index >= 15 is 0 Å². The Morgan fingerprint density at radius 2 is 1.26 bits per heavy atom. The van der Waals surface area contributed by atoms with E-state index < -0.39 is 23.8 Å². The summed E-state index contributed by atoms with van der Waals surface area (Å²) in [5.74, 6) is -2.15. The summed E-state index contributed by atoms with van der Waals surface area (Å²) in [6, 6.07) is 15.4. The van der Waals surface area contributed by atoms with Gasteiger partial charge in [-0.3, -0.25) is 4.79 Å². The van der Waals surface area contributed by atoms with Crippen LogP contribution in [0, 0.1) is 6.92 Å². The fourth-order valence-electron chi connectivity index (χ4n) is 3.24. The first-order chi connectivity index (χ1) is 16.8. The quantitative estimate of drug-likeness (QED) is 0.393. The first-order valence-electron chi connectivity index (χ1n) is 10.4. The predicted octanol–water partition coefficient (Wildman–Crippen LogP) is 4.40. The summed E-state index contributed by atoms with van der Waals surface area (Å²) < 4.78 is 20.2. The molecule has 0 aromatic heterocycles. The van der Waals surface area contributed by atoms with E-state index in [2.05, 4.69) is 5.32 Å². The van der Waals surface area contributed by atoms with Gasteiger partial charge in [0.05, 0.1) is 43.7 Å². The van der Waals surface area contributed by atoms with Crippen molar-refractivity contribution in [2.24, 2.45) is 0 Å². The van der Waals surface area contributed by atoms with Crippen LogP contribution in [0.3, 0.4) is 0 Å². The maximum Gasteiger partial charge on any atom is 0.338 e. The van der Waals surface area contributed by atoms with Gasteiger partial charge in [-0.05, 0) is 55.0 Å². The average Bonchev–Trinajstić information content (AvgIpc) is 2.88. The van der Waals surface area contributed by atoms with E-state index in [0.29, 0.717) is 5.56 Å². The normalized spacial score (nSPS) is 10.2. The second kappa shape index (κ2) is 11.0. The van der Waals surface area contributed by atoms with Crippen LogP contribution in [0.1, 0.15) is 47.0 Å². The van der Waals surface area contributed by atoms with Gasteiger partial charge in [0, 0.05) is 5.56 Å². The number of carbonyl (C=O) groups is 4. The van der Waals surface area contributed by atoms with Crippen molar-refractivity contribution >= 4 is 29.5 Å². The number of ether oxygens (including phenoxy) is 4. The highest BCUT2D eigenvalue weighted by atomic mass is 16.5. The summed E-state index contributed by atoms with van der Waals surface area (Å²) in [4.78, 5) is 49.2. The third kappa shape index (κ3) is 5.83. The standard InChI is InChI=1S/C26H23NO8/c1-15-7-5-6-8-20(15)23(28)27-21-14-16(24(29)32-2)9-10-22(21)35-19-12-17(25(30)33-3)11-18(13-19)26(31)34-4/h5-14H,1-4H3,(H,27,28). The number of hydrogen-bond donors (Lipinski definition) is 1. The fraction of sp³-hybridized carbons (Fsp3) is 0.154. The molecule has 0 radical (unpaired) electrons. The Kier molecular flexibility index (Phi) is 7.83. The molecule has 0 aliphatic rings. The van der Waals surface area contributed by atoms with Crippen LogP contribution in [0.25, 0.3) is 0 Å². The molecule has 9 heteroatoms. The molecule has 0 fully saturated rings. The van der Waals surface area contributed by atoms with E-state index in [-0.39, 0.29) is 33.9 Å². The van der Waals surface area contributed by atoms with Crippen molar-refractivity contribution in [1.29, 1.82) is 0 Å². The molecule has 1 amide bonds. The molecule has 0 unspecified atom stereocenters. The summed E-state index contributed by atoms with van der Waals surface area (Å²) in [6.45, 7) is 1.80. The highest BCUT2D eigenvalue weighted by molar-refractivity contribution is 6.06. The molecule has 0 heterocycles. The molecular formula is C26H23NO8. The van der Waals surface area contributed by atoms with E-state index in [1.807, 2.05) is 6.07 Å². The molecule has 3 aromatic carbocycles. The van der Waals surface area contributed by atoms with Crippen LogP contribution in [0.15, 0.2) is 60.7 Å². The minimum atomic E-state index is -0.685. The van der Waals surface area contributed by atoms with Gasteiger partial charge in [-0.1, -0.05) is 18.2 Å². The predicted molar refractivity (Wildman–Crippen MR) is 126 cm³/mol. The Hall–Kier alpha value is -4.66. The smallest absolute Gasteiger partial charge is 0.338 e. The van der Waals surface area contributed by atoms with Crippen molar-refractivity contribution in [3.8, 4) is 11.5 Å². The number of anilines is 1. The van der Waals surface area contributed by atoms with Gasteiger partial charge in [0.2, 0.25) is 0 Å². The summed E-state index contributed by atoms with van der Waals surface area (Å²) in [5, 5.41) is 2.75. The topological polar surface area (TPSA) is 117 Å². The highest BCUT2D eigenvalue weighted by Crippen LogP contribution is 2.33. The molecular weight excluding hydrogens is 454 g/mol. The van der Waals surface area contributed by atoms with Crippen LogP contribution >= 0.6 is 0 Å². The molecule has 0 aliphatic carbocycles. The minimum Gasteiger partial charge on any atom is -0.465 e. The van der Waals surface area contributed by atoms with Gasteiger partial charge in [-0.25, -0.2) is 14.4 Å². The van der Waals surface area contributed by atoms with Crippen LogP contribution in [-0.2, 0) is 14.2 Å².